The largest absolute Gasteiger partial charge is 0.349 e. The molecular formula is C13H14N4O. The Morgan fingerprint density at radius 3 is 2.94 bits per heavy atom. The maximum atomic E-state index is 11.9. The van der Waals surface area contributed by atoms with Gasteiger partial charge in [-0.15, -0.1) is 0 Å². The molecule has 2 N–H and O–H groups in total. The molecule has 2 aromatic rings. The van der Waals surface area contributed by atoms with E-state index < -0.39 is 0 Å². The summed E-state index contributed by atoms with van der Waals surface area (Å²) in [7, 11) is 0. The van der Waals surface area contributed by atoms with Crippen molar-refractivity contribution < 1.29 is 4.79 Å². The Morgan fingerprint density at radius 2 is 2.22 bits per heavy atom. The van der Waals surface area contributed by atoms with Crippen molar-refractivity contribution in [1.29, 1.82) is 0 Å². The van der Waals surface area contributed by atoms with E-state index in [2.05, 4.69) is 32.6 Å². The zero-order valence-corrected chi connectivity index (χ0v) is 9.84. The fourth-order valence-corrected chi connectivity index (χ4v) is 2.17. The van der Waals surface area contributed by atoms with E-state index in [0.29, 0.717) is 18.3 Å². The molecule has 0 spiro atoms. The lowest BCUT2D eigenvalue weighted by molar-refractivity contribution is -0.122. The molecule has 92 valence electrons. The van der Waals surface area contributed by atoms with Crippen molar-refractivity contribution in [3.8, 4) is 0 Å². The second-order valence-corrected chi connectivity index (χ2v) is 4.51. The standard InChI is InChI=1S/C13H14N4O/c18-13(14-7-12-15-8-16-17-12)11-6-10(11)9-4-2-1-3-5-9/h1-5,8,10-11H,6-7H2,(H,14,18)(H,15,16,17). The number of hydrogen-bond acceptors (Lipinski definition) is 3. The van der Waals surface area contributed by atoms with Crippen LogP contribution in [0, 0.1) is 5.92 Å². The van der Waals surface area contributed by atoms with Crippen LogP contribution < -0.4 is 5.32 Å². The number of hydrogen-bond donors (Lipinski definition) is 2. The minimum absolute atomic E-state index is 0.0975. The van der Waals surface area contributed by atoms with Crippen LogP contribution in [-0.4, -0.2) is 21.1 Å². The molecule has 1 heterocycles. The van der Waals surface area contributed by atoms with Crippen LogP contribution in [0.5, 0.6) is 0 Å². The van der Waals surface area contributed by atoms with Crippen molar-refractivity contribution >= 4 is 5.91 Å². The van der Waals surface area contributed by atoms with Crippen molar-refractivity contribution in [2.45, 2.75) is 18.9 Å². The molecule has 5 nitrogen and oxygen atoms in total. The monoisotopic (exact) mass is 242 g/mol. The summed E-state index contributed by atoms with van der Waals surface area (Å²) < 4.78 is 0. The molecule has 1 aliphatic rings. The highest BCUT2D eigenvalue weighted by Gasteiger charge is 2.43. The van der Waals surface area contributed by atoms with Crippen LogP contribution in [0.1, 0.15) is 23.7 Å². The first-order valence-corrected chi connectivity index (χ1v) is 6.01. The molecule has 1 aromatic heterocycles. The van der Waals surface area contributed by atoms with E-state index in [-0.39, 0.29) is 11.8 Å². The number of nitrogens with zero attached hydrogens (tertiary/aromatic N) is 2. The van der Waals surface area contributed by atoms with Crippen molar-refractivity contribution in [3.05, 3.63) is 48.0 Å². The first-order chi connectivity index (χ1) is 8.84. The Kier molecular flexibility index (Phi) is 2.80. The van der Waals surface area contributed by atoms with Crippen molar-refractivity contribution in [1.82, 2.24) is 20.5 Å². The van der Waals surface area contributed by atoms with Crippen LogP contribution >= 0.6 is 0 Å². The lowest BCUT2D eigenvalue weighted by atomic mass is 10.1. The number of H-pyrrole nitrogens is 1. The van der Waals surface area contributed by atoms with Crippen LogP contribution in [0.15, 0.2) is 36.7 Å². The van der Waals surface area contributed by atoms with E-state index in [1.807, 2.05) is 18.2 Å². The van der Waals surface area contributed by atoms with Gasteiger partial charge in [-0.3, -0.25) is 9.89 Å². The van der Waals surface area contributed by atoms with Crippen LogP contribution in [0.4, 0.5) is 0 Å². The van der Waals surface area contributed by atoms with Crippen LogP contribution in [0.3, 0.4) is 0 Å². The Balaban J connectivity index is 1.53. The zero-order valence-electron chi connectivity index (χ0n) is 9.84. The van der Waals surface area contributed by atoms with Crippen LogP contribution in [0.2, 0.25) is 0 Å². The first-order valence-electron chi connectivity index (χ1n) is 6.01. The molecule has 0 aliphatic heterocycles. The van der Waals surface area contributed by atoms with Crippen molar-refractivity contribution in [2.24, 2.45) is 5.92 Å². The molecule has 1 saturated carbocycles. The summed E-state index contributed by atoms with van der Waals surface area (Å²) in [5.74, 6) is 1.26. The van der Waals surface area contributed by atoms with E-state index >= 15 is 0 Å². The summed E-state index contributed by atoms with van der Waals surface area (Å²) in [5, 5.41) is 9.33. The SMILES string of the molecule is O=C(NCc1ncn[nH]1)C1CC1c1ccccc1. The van der Waals surface area contributed by atoms with E-state index in [1.54, 1.807) is 0 Å². The minimum atomic E-state index is 0.0975. The lowest BCUT2D eigenvalue weighted by Crippen LogP contribution is -2.25. The normalized spacial score (nSPS) is 21.6. The number of aromatic amines is 1. The summed E-state index contributed by atoms with van der Waals surface area (Å²) in [6, 6.07) is 10.2. The summed E-state index contributed by atoms with van der Waals surface area (Å²) >= 11 is 0. The molecule has 1 fully saturated rings. The summed E-state index contributed by atoms with van der Waals surface area (Å²) in [5.41, 5.74) is 1.25. The zero-order chi connectivity index (χ0) is 12.4. The quantitative estimate of drug-likeness (QED) is 0.847. The molecule has 1 aliphatic carbocycles. The van der Waals surface area contributed by atoms with Gasteiger partial charge in [0.2, 0.25) is 5.91 Å². The number of benzene rings is 1. The van der Waals surface area contributed by atoms with Crippen LogP contribution in [0.25, 0.3) is 0 Å². The highest BCUT2D eigenvalue weighted by atomic mass is 16.2. The third-order valence-corrected chi connectivity index (χ3v) is 3.25. The molecule has 2 unspecified atom stereocenters. The number of carbonyl (C=O) groups is 1. The predicted molar refractivity (Wildman–Crippen MR) is 65.5 cm³/mol. The Labute approximate surface area is 105 Å². The Bertz CT molecular complexity index is 523. The second kappa shape index (κ2) is 4.60. The number of amides is 1. The molecule has 0 radical (unpaired) electrons. The number of nitrogens with one attached hydrogen (secondary N) is 2. The Hall–Kier alpha value is -2.17. The van der Waals surface area contributed by atoms with Crippen LogP contribution in [-0.2, 0) is 11.3 Å². The average Bonchev–Trinajstić information content (AvgIpc) is 3.05. The van der Waals surface area contributed by atoms with Gasteiger partial charge in [0.15, 0.2) is 0 Å². The molecular weight excluding hydrogens is 228 g/mol. The maximum absolute atomic E-state index is 11.9. The third kappa shape index (κ3) is 2.25. The van der Waals surface area contributed by atoms with Gasteiger partial charge in [-0.2, -0.15) is 5.10 Å². The number of aromatic nitrogens is 3. The van der Waals surface area contributed by atoms with Gasteiger partial charge >= 0.3 is 0 Å². The van der Waals surface area contributed by atoms with Crippen molar-refractivity contribution in [3.63, 3.8) is 0 Å². The average molecular weight is 242 g/mol. The molecule has 2 atom stereocenters. The van der Waals surface area contributed by atoms with Gasteiger partial charge in [-0.1, -0.05) is 30.3 Å². The topological polar surface area (TPSA) is 70.7 Å². The van der Waals surface area contributed by atoms with Gasteiger partial charge in [0.25, 0.3) is 0 Å². The number of carbonyl (C=O) groups excluding carboxylic acids is 1. The summed E-state index contributed by atoms with van der Waals surface area (Å²) in [4.78, 5) is 15.9. The number of rotatable bonds is 4. The summed E-state index contributed by atoms with van der Waals surface area (Å²) in [6.07, 6.45) is 2.37. The van der Waals surface area contributed by atoms with Gasteiger partial charge < -0.3 is 5.32 Å². The van der Waals surface area contributed by atoms with Gasteiger partial charge in [0.1, 0.15) is 12.2 Å². The fraction of sp³-hybridized carbons (Fsp3) is 0.308. The van der Waals surface area contributed by atoms with E-state index in [4.69, 9.17) is 0 Å². The van der Waals surface area contributed by atoms with E-state index in [1.165, 1.54) is 11.9 Å². The van der Waals surface area contributed by atoms with Crippen molar-refractivity contribution in [2.75, 3.05) is 0 Å². The molecule has 0 bridgehead atoms. The Morgan fingerprint density at radius 1 is 1.39 bits per heavy atom. The van der Waals surface area contributed by atoms with E-state index in [9.17, 15) is 4.79 Å². The molecule has 3 rings (SSSR count). The smallest absolute Gasteiger partial charge is 0.224 e. The second-order valence-electron chi connectivity index (χ2n) is 4.51. The first kappa shape index (κ1) is 11.0. The highest BCUT2D eigenvalue weighted by Crippen LogP contribution is 2.47. The van der Waals surface area contributed by atoms with Gasteiger partial charge in [0.05, 0.1) is 6.54 Å². The van der Waals surface area contributed by atoms with Gasteiger partial charge in [-0.25, -0.2) is 4.98 Å². The lowest BCUT2D eigenvalue weighted by Gasteiger charge is -2.02. The third-order valence-electron chi connectivity index (χ3n) is 3.25. The van der Waals surface area contributed by atoms with E-state index in [0.717, 1.165) is 6.42 Å². The maximum Gasteiger partial charge on any atom is 0.224 e. The van der Waals surface area contributed by atoms with Gasteiger partial charge in [-0.05, 0) is 17.9 Å². The predicted octanol–water partition coefficient (Wildman–Crippen LogP) is 1.22. The molecule has 0 saturated heterocycles. The molecule has 18 heavy (non-hydrogen) atoms. The molecule has 5 heteroatoms. The highest BCUT2D eigenvalue weighted by molar-refractivity contribution is 5.82. The molecule has 1 amide bonds. The summed E-state index contributed by atoms with van der Waals surface area (Å²) in [6.45, 7) is 0.414. The fourth-order valence-electron chi connectivity index (χ4n) is 2.17. The molecule has 1 aromatic carbocycles. The van der Waals surface area contributed by atoms with Gasteiger partial charge in [0, 0.05) is 5.92 Å². The minimum Gasteiger partial charge on any atom is -0.349 e.